The third kappa shape index (κ3) is 6.94. The van der Waals surface area contributed by atoms with E-state index in [1.54, 1.807) is 0 Å². The minimum atomic E-state index is 0.490. The number of nitrogens with zero attached hydrogens (tertiary/aromatic N) is 9. The SMILES string of the molecule is c1ccc(-c2nc(-c3ccccc3)nc(-c3cccc(-c4nc(-c5ccccc5)nc(-n5c6ccc(-n7c8ccccc8c8ccccc87)cc6c6ccc7c8ccccc8n(-c8ccccc8)c7c65)n4)c3)n2)cc1. The van der Waals surface area contributed by atoms with Crippen LogP contribution in [-0.2, 0) is 0 Å². The minimum Gasteiger partial charge on any atom is -0.309 e. The normalized spacial score (nSPS) is 11.7. The average molecular weight is 960 g/mol. The van der Waals surface area contributed by atoms with Gasteiger partial charge in [-0.25, -0.2) is 19.9 Å². The molecule has 10 aromatic carbocycles. The first-order valence-electron chi connectivity index (χ1n) is 25.0. The van der Waals surface area contributed by atoms with E-state index in [0.717, 1.165) is 93.8 Å². The molecule has 0 atom stereocenters. The fourth-order valence-corrected chi connectivity index (χ4v) is 11.0. The Morgan fingerprint density at radius 3 is 1.12 bits per heavy atom. The van der Waals surface area contributed by atoms with E-state index in [0.29, 0.717) is 35.1 Å². The van der Waals surface area contributed by atoms with Gasteiger partial charge in [-0.3, -0.25) is 4.57 Å². The molecule has 0 N–H and O–H groups in total. The summed E-state index contributed by atoms with van der Waals surface area (Å²) in [7, 11) is 0. The van der Waals surface area contributed by atoms with Crippen LogP contribution in [0.2, 0.25) is 0 Å². The van der Waals surface area contributed by atoms with Crippen molar-refractivity contribution in [1.82, 2.24) is 43.6 Å². The maximum Gasteiger partial charge on any atom is 0.238 e. The van der Waals surface area contributed by atoms with Crippen molar-refractivity contribution < 1.29 is 0 Å². The van der Waals surface area contributed by atoms with Crippen molar-refractivity contribution in [2.75, 3.05) is 0 Å². The van der Waals surface area contributed by atoms with E-state index in [-0.39, 0.29) is 0 Å². The van der Waals surface area contributed by atoms with E-state index < -0.39 is 0 Å². The molecule has 75 heavy (non-hydrogen) atoms. The number of fused-ring (bicyclic) bond motifs is 10. The van der Waals surface area contributed by atoms with Crippen LogP contribution in [-0.4, -0.2) is 43.6 Å². The molecule has 5 aromatic heterocycles. The standard InChI is InChI=1S/C66H41N9/c1-5-20-42(21-6-1)61-67-62(43-22-7-2-8-23-43)69-64(68-61)45-26-19-27-46(40-45)65-70-63(44-24-9-3-10-25-44)71-66(72-65)75-58-39-36-48(73-55-33-16-13-30-49(55)50-31-14-17-34-56(50)73)41-54(58)53-38-37-52-51-32-15-18-35-57(51)74(59(52)60(53)75)47-28-11-4-12-29-47/h1-41H. The summed E-state index contributed by atoms with van der Waals surface area (Å²) in [5.74, 6) is 3.26. The fourth-order valence-electron chi connectivity index (χ4n) is 11.0. The summed E-state index contributed by atoms with van der Waals surface area (Å²) < 4.78 is 7.03. The van der Waals surface area contributed by atoms with E-state index in [9.17, 15) is 0 Å². The summed E-state index contributed by atoms with van der Waals surface area (Å²) in [4.78, 5) is 31.4. The molecule has 0 spiro atoms. The van der Waals surface area contributed by atoms with Crippen molar-refractivity contribution >= 4 is 65.4 Å². The van der Waals surface area contributed by atoms with Gasteiger partial charge in [-0.1, -0.05) is 194 Å². The zero-order valence-corrected chi connectivity index (χ0v) is 40.2. The summed E-state index contributed by atoms with van der Waals surface area (Å²) >= 11 is 0. The van der Waals surface area contributed by atoms with E-state index in [4.69, 9.17) is 29.9 Å². The monoisotopic (exact) mass is 959 g/mol. The second-order valence-corrected chi connectivity index (χ2v) is 18.7. The van der Waals surface area contributed by atoms with Crippen LogP contribution in [0.25, 0.3) is 140 Å². The highest BCUT2D eigenvalue weighted by Crippen LogP contribution is 2.43. The van der Waals surface area contributed by atoms with Gasteiger partial charge < -0.3 is 9.13 Å². The maximum absolute atomic E-state index is 5.53. The molecule has 0 saturated carbocycles. The lowest BCUT2D eigenvalue weighted by Crippen LogP contribution is -2.07. The fraction of sp³-hybridized carbons (Fsp3) is 0. The molecule has 0 fully saturated rings. The number of benzene rings is 10. The van der Waals surface area contributed by atoms with Crippen LogP contribution in [0.5, 0.6) is 0 Å². The van der Waals surface area contributed by atoms with Gasteiger partial charge in [0.1, 0.15) is 0 Å². The molecule has 0 bridgehead atoms. The van der Waals surface area contributed by atoms with Crippen molar-refractivity contribution in [3.63, 3.8) is 0 Å². The van der Waals surface area contributed by atoms with Gasteiger partial charge in [-0.15, -0.1) is 0 Å². The third-order valence-corrected chi connectivity index (χ3v) is 14.3. The zero-order chi connectivity index (χ0) is 49.4. The zero-order valence-electron chi connectivity index (χ0n) is 40.2. The predicted molar refractivity (Wildman–Crippen MR) is 303 cm³/mol. The highest BCUT2D eigenvalue weighted by molar-refractivity contribution is 6.24. The lowest BCUT2D eigenvalue weighted by molar-refractivity contribution is 0.953. The van der Waals surface area contributed by atoms with Crippen LogP contribution < -0.4 is 0 Å². The van der Waals surface area contributed by atoms with Gasteiger partial charge in [0, 0.05) is 71.5 Å². The van der Waals surface area contributed by atoms with Crippen molar-refractivity contribution in [1.29, 1.82) is 0 Å². The summed E-state index contributed by atoms with van der Waals surface area (Å²) in [5.41, 5.74) is 12.8. The Morgan fingerprint density at radius 2 is 0.587 bits per heavy atom. The van der Waals surface area contributed by atoms with E-state index in [2.05, 4.69) is 165 Å². The van der Waals surface area contributed by atoms with Gasteiger partial charge in [-0.2, -0.15) is 9.97 Å². The molecule has 0 aliphatic heterocycles. The Kier molecular flexibility index (Phi) is 9.67. The molecule has 0 unspecified atom stereocenters. The predicted octanol–water partition coefficient (Wildman–Crippen LogP) is 15.7. The van der Waals surface area contributed by atoms with Gasteiger partial charge in [0.2, 0.25) is 5.95 Å². The Hall–Kier alpha value is -10.4. The average Bonchev–Trinajstić information content (AvgIpc) is 4.17. The van der Waals surface area contributed by atoms with Crippen LogP contribution in [0, 0.1) is 0 Å². The van der Waals surface area contributed by atoms with Crippen LogP contribution in [0.15, 0.2) is 249 Å². The molecular formula is C66H41N9. The molecule has 9 nitrogen and oxygen atoms in total. The van der Waals surface area contributed by atoms with Crippen LogP contribution >= 0.6 is 0 Å². The number of hydrogen-bond acceptors (Lipinski definition) is 6. The summed E-state index contributed by atoms with van der Waals surface area (Å²) in [6.45, 7) is 0. The topological polar surface area (TPSA) is 92.1 Å². The molecule has 5 heterocycles. The third-order valence-electron chi connectivity index (χ3n) is 14.3. The van der Waals surface area contributed by atoms with Gasteiger partial charge in [0.25, 0.3) is 0 Å². The first kappa shape index (κ1) is 42.3. The number of rotatable bonds is 8. The van der Waals surface area contributed by atoms with Crippen LogP contribution in [0.1, 0.15) is 0 Å². The van der Waals surface area contributed by atoms with E-state index in [1.165, 1.54) is 10.8 Å². The second-order valence-electron chi connectivity index (χ2n) is 18.7. The van der Waals surface area contributed by atoms with Crippen molar-refractivity contribution in [3.8, 4) is 74.3 Å². The largest absolute Gasteiger partial charge is 0.309 e. The van der Waals surface area contributed by atoms with E-state index in [1.807, 2.05) is 97.1 Å². The van der Waals surface area contributed by atoms with Crippen molar-refractivity contribution in [2.45, 2.75) is 0 Å². The second kappa shape index (κ2) is 17.1. The quantitative estimate of drug-likeness (QED) is 0.151. The van der Waals surface area contributed by atoms with Gasteiger partial charge in [0.15, 0.2) is 29.1 Å². The summed E-state index contributed by atoms with van der Waals surface area (Å²) in [5, 5.41) is 6.85. The Bertz CT molecular complexity index is 4590. The van der Waals surface area contributed by atoms with Crippen LogP contribution in [0.4, 0.5) is 0 Å². The minimum absolute atomic E-state index is 0.490. The van der Waals surface area contributed by atoms with Gasteiger partial charge >= 0.3 is 0 Å². The molecule has 9 heteroatoms. The van der Waals surface area contributed by atoms with Gasteiger partial charge in [-0.05, 0) is 54.6 Å². The van der Waals surface area contributed by atoms with Crippen molar-refractivity contribution in [3.05, 3.63) is 249 Å². The molecular weight excluding hydrogens is 919 g/mol. The van der Waals surface area contributed by atoms with Crippen molar-refractivity contribution in [2.24, 2.45) is 0 Å². The first-order valence-corrected chi connectivity index (χ1v) is 25.0. The molecule has 0 aliphatic carbocycles. The molecule has 0 saturated heterocycles. The highest BCUT2D eigenvalue weighted by Gasteiger charge is 2.25. The van der Waals surface area contributed by atoms with E-state index >= 15 is 0 Å². The number of para-hydroxylation sites is 4. The maximum atomic E-state index is 5.53. The molecule has 15 aromatic rings. The lowest BCUT2D eigenvalue weighted by Gasteiger charge is -2.14. The molecule has 15 rings (SSSR count). The molecule has 0 radical (unpaired) electrons. The molecule has 0 aliphatic rings. The number of hydrogen-bond donors (Lipinski definition) is 0. The molecule has 350 valence electrons. The molecule has 0 amide bonds. The summed E-state index contributed by atoms with van der Waals surface area (Å²) in [6, 6.07) is 86.4. The summed E-state index contributed by atoms with van der Waals surface area (Å²) in [6.07, 6.45) is 0. The van der Waals surface area contributed by atoms with Crippen LogP contribution in [0.3, 0.4) is 0 Å². The highest BCUT2D eigenvalue weighted by atomic mass is 15.2. The van der Waals surface area contributed by atoms with Gasteiger partial charge in [0.05, 0.1) is 33.1 Å². The number of aromatic nitrogens is 9. The first-order chi connectivity index (χ1) is 37.2. The Morgan fingerprint density at radius 1 is 0.213 bits per heavy atom. The lowest BCUT2D eigenvalue weighted by atomic mass is 10.1. The Labute approximate surface area is 430 Å². The Balaban J connectivity index is 1.01. The smallest absolute Gasteiger partial charge is 0.238 e.